The number of pyridine rings is 1. The maximum absolute atomic E-state index is 4.81. The van der Waals surface area contributed by atoms with Gasteiger partial charge in [0.05, 0.1) is 23.6 Å². The molecule has 0 atom stereocenters. The Morgan fingerprint density at radius 2 is 1.85 bits per heavy atom. The van der Waals surface area contributed by atoms with Crippen LogP contribution in [0.25, 0.3) is 43.1 Å². The van der Waals surface area contributed by atoms with Crippen molar-refractivity contribution in [3.63, 3.8) is 0 Å². The minimum Gasteiger partial charge on any atom is -0.283 e. The van der Waals surface area contributed by atoms with Gasteiger partial charge in [0.1, 0.15) is 4.70 Å². The van der Waals surface area contributed by atoms with E-state index in [0.29, 0.717) is 0 Å². The number of rotatable bonds is 1. The number of imidazole rings is 2. The van der Waals surface area contributed by atoms with Crippen LogP contribution in [0.4, 0.5) is 0 Å². The van der Waals surface area contributed by atoms with E-state index in [4.69, 9.17) is 4.98 Å². The van der Waals surface area contributed by atoms with Gasteiger partial charge in [-0.15, -0.1) is 0 Å². The molecule has 6 rings (SSSR count). The molecule has 2 aromatic carbocycles. The van der Waals surface area contributed by atoms with Crippen molar-refractivity contribution < 1.29 is 4.57 Å². The molecule has 0 aliphatic heterocycles. The molecule has 0 N–H and O–H groups in total. The Balaban J connectivity index is 1.75. The largest absolute Gasteiger partial charge is 0.283 e. The van der Waals surface area contributed by atoms with Gasteiger partial charge in [-0.25, -0.2) is 14.5 Å². The van der Waals surface area contributed by atoms with Crippen molar-refractivity contribution in [3.8, 4) is 5.69 Å². The van der Waals surface area contributed by atoms with Gasteiger partial charge in [0.15, 0.2) is 16.2 Å². The molecule has 0 aliphatic rings. The van der Waals surface area contributed by atoms with Crippen molar-refractivity contribution in [1.29, 1.82) is 0 Å². The molecular weight excluding hydrogens is 342 g/mol. The summed E-state index contributed by atoms with van der Waals surface area (Å²) in [6, 6.07) is 18.8. The number of thiazole rings is 1. The average molecular weight is 356 g/mol. The summed E-state index contributed by atoms with van der Waals surface area (Å²) in [5, 5.41) is 0. The van der Waals surface area contributed by atoms with Crippen LogP contribution >= 0.6 is 11.3 Å². The monoisotopic (exact) mass is 356 g/mol. The maximum Gasteiger partial charge on any atom is 0.273 e. The Labute approximate surface area is 152 Å². The molecule has 26 heavy (non-hydrogen) atoms. The summed E-state index contributed by atoms with van der Waals surface area (Å²) in [7, 11) is 2.05. The number of benzene rings is 2. The van der Waals surface area contributed by atoms with Gasteiger partial charge < -0.3 is 0 Å². The number of hydrogen-bond acceptors (Lipinski definition) is 3. The minimum absolute atomic E-state index is 0.957. The Hall–Kier alpha value is -3.25. The van der Waals surface area contributed by atoms with Gasteiger partial charge >= 0.3 is 0 Å². The standard InChI is InChI=1S/C20H14N5S/c1-23-12-24(19-17(23)10-5-11-21-19)15-8-4-9-16-18(15)26-20-22-13-6-2-3-7-14(13)25(16)20/h2-12H,1H3/q+1. The number of nitrogens with zero attached hydrogens (tertiary/aromatic N) is 5. The SMILES string of the molecule is C[n+]1cn(-c2cccc3c2sc2nc4ccccc4n23)c2ncccc21. The lowest BCUT2D eigenvalue weighted by molar-refractivity contribution is -0.645. The van der Waals surface area contributed by atoms with Gasteiger partial charge in [0, 0.05) is 6.20 Å². The van der Waals surface area contributed by atoms with Crippen LogP contribution in [0.15, 0.2) is 67.1 Å². The molecule has 0 spiro atoms. The number of fused-ring (bicyclic) bond motifs is 6. The van der Waals surface area contributed by atoms with E-state index in [9.17, 15) is 0 Å². The normalized spacial score (nSPS) is 12.0. The highest BCUT2D eigenvalue weighted by Crippen LogP contribution is 2.34. The maximum atomic E-state index is 4.81. The second kappa shape index (κ2) is 4.89. The molecule has 0 aliphatic carbocycles. The van der Waals surface area contributed by atoms with Crippen LogP contribution in [-0.4, -0.2) is 18.9 Å². The predicted octanol–water partition coefficient (Wildman–Crippen LogP) is 3.87. The summed E-state index contributed by atoms with van der Waals surface area (Å²) in [6.45, 7) is 0. The van der Waals surface area contributed by atoms with E-state index in [0.717, 1.165) is 32.8 Å². The lowest BCUT2D eigenvalue weighted by atomic mass is 10.2. The molecule has 6 aromatic rings. The highest BCUT2D eigenvalue weighted by Gasteiger charge is 2.21. The Kier molecular flexibility index (Phi) is 2.63. The zero-order valence-electron chi connectivity index (χ0n) is 14.0. The van der Waals surface area contributed by atoms with E-state index in [1.165, 1.54) is 10.2 Å². The van der Waals surface area contributed by atoms with Gasteiger partial charge in [0.25, 0.3) is 12.0 Å². The summed E-state index contributed by atoms with van der Waals surface area (Å²) >= 11 is 1.72. The molecule has 4 aromatic heterocycles. The Morgan fingerprint density at radius 3 is 2.81 bits per heavy atom. The molecule has 124 valence electrons. The van der Waals surface area contributed by atoms with Crippen molar-refractivity contribution in [2.45, 2.75) is 0 Å². The van der Waals surface area contributed by atoms with Crippen LogP contribution in [0.3, 0.4) is 0 Å². The second-order valence-corrected chi connectivity index (χ2v) is 7.37. The molecule has 0 saturated carbocycles. The fourth-order valence-corrected chi connectivity index (χ4v) is 4.84. The van der Waals surface area contributed by atoms with Crippen LogP contribution in [0.1, 0.15) is 0 Å². The molecule has 0 saturated heterocycles. The molecule has 6 heteroatoms. The van der Waals surface area contributed by atoms with Crippen molar-refractivity contribution in [2.75, 3.05) is 0 Å². The minimum atomic E-state index is 0.957. The third-order valence-corrected chi connectivity index (χ3v) is 5.94. The topological polar surface area (TPSA) is 39.0 Å². The number of hydrogen-bond donors (Lipinski definition) is 0. The first kappa shape index (κ1) is 14.0. The van der Waals surface area contributed by atoms with Crippen LogP contribution in [0.5, 0.6) is 0 Å². The first-order chi connectivity index (χ1) is 12.8. The van der Waals surface area contributed by atoms with Crippen molar-refractivity contribution in [2.24, 2.45) is 7.05 Å². The summed E-state index contributed by atoms with van der Waals surface area (Å²) in [6.07, 6.45) is 3.93. The van der Waals surface area contributed by atoms with E-state index in [-0.39, 0.29) is 0 Å². The lowest BCUT2D eigenvalue weighted by Crippen LogP contribution is -2.25. The molecule has 0 fully saturated rings. The van der Waals surface area contributed by atoms with Gasteiger partial charge in [-0.1, -0.05) is 29.5 Å². The molecule has 5 nitrogen and oxygen atoms in total. The summed E-state index contributed by atoms with van der Waals surface area (Å²) < 4.78 is 7.73. The van der Waals surface area contributed by atoms with Gasteiger partial charge in [-0.2, -0.15) is 4.57 Å². The predicted molar refractivity (Wildman–Crippen MR) is 104 cm³/mol. The summed E-state index contributed by atoms with van der Waals surface area (Å²) in [4.78, 5) is 10.4. The lowest BCUT2D eigenvalue weighted by Gasteiger charge is -1.99. The third kappa shape index (κ3) is 1.71. The van der Waals surface area contributed by atoms with Crippen molar-refractivity contribution >= 4 is 48.7 Å². The quantitative estimate of drug-likeness (QED) is 0.420. The van der Waals surface area contributed by atoms with Crippen LogP contribution in [0, 0.1) is 0 Å². The summed E-state index contributed by atoms with van der Waals surface area (Å²) in [5.74, 6) is 0. The fraction of sp³-hybridized carbons (Fsp3) is 0.0500. The van der Waals surface area contributed by atoms with E-state index in [1.807, 2.05) is 18.3 Å². The van der Waals surface area contributed by atoms with Gasteiger partial charge in [-0.05, 0) is 36.4 Å². The third-order valence-electron chi connectivity index (χ3n) is 4.86. The van der Waals surface area contributed by atoms with Crippen molar-refractivity contribution in [3.05, 3.63) is 67.1 Å². The second-order valence-electron chi connectivity index (χ2n) is 6.39. The smallest absolute Gasteiger partial charge is 0.273 e. The zero-order valence-corrected chi connectivity index (χ0v) is 14.8. The number of aromatic nitrogens is 5. The van der Waals surface area contributed by atoms with Crippen LogP contribution in [-0.2, 0) is 7.05 Å². The molecule has 0 bridgehead atoms. The highest BCUT2D eigenvalue weighted by molar-refractivity contribution is 7.24. The average Bonchev–Trinajstić information content (AvgIpc) is 3.31. The number of para-hydroxylation sites is 2. The van der Waals surface area contributed by atoms with E-state index in [1.54, 1.807) is 11.3 Å². The summed E-state index contributed by atoms with van der Waals surface area (Å²) in [5.41, 5.74) is 6.55. The van der Waals surface area contributed by atoms with E-state index < -0.39 is 0 Å². The molecule has 0 amide bonds. The van der Waals surface area contributed by atoms with E-state index in [2.05, 4.69) is 74.4 Å². The molecule has 4 heterocycles. The highest BCUT2D eigenvalue weighted by atomic mass is 32.1. The zero-order chi connectivity index (χ0) is 17.3. The first-order valence-corrected chi connectivity index (χ1v) is 9.24. The van der Waals surface area contributed by atoms with Gasteiger partial charge in [-0.3, -0.25) is 4.40 Å². The molecule has 0 radical (unpaired) electrons. The Morgan fingerprint density at radius 1 is 0.962 bits per heavy atom. The number of aryl methyl sites for hydroxylation is 1. The van der Waals surface area contributed by atoms with E-state index >= 15 is 0 Å². The first-order valence-electron chi connectivity index (χ1n) is 8.42. The Bertz CT molecular complexity index is 1450. The van der Waals surface area contributed by atoms with Crippen LogP contribution in [0.2, 0.25) is 0 Å². The fourth-order valence-electron chi connectivity index (χ4n) is 3.70. The van der Waals surface area contributed by atoms with Crippen molar-refractivity contribution in [1.82, 2.24) is 18.9 Å². The molecule has 0 unspecified atom stereocenters. The molecular formula is C20H14N5S+. The van der Waals surface area contributed by atoms with Gasteiger partial charge in [0.2, 0.25) is 0 Å². The van der Waals surface area contributed by atoms with Crippen LogP contribution < -0.4 is 4.57 Å².